The molecule has 0 saturated carbocycles. The van der Waals surface area contributed by atoms with Gasteiger partial charge in [-0.1, -0.05) is 6.08 Å². The van der Waals surface area contributed by atoms with Crippen LogP contribution >= 0.6 is 11.6 Å². The molecule has 1 nitrogen and oxygen atoms in total. The first-order valence-electron chi connectivity index (χ1n) is 2.22. The van der Waals surface area contributed by atoms with Crippen LogP contribution in [0.5, 0.6) is 0 Å². The zero-order valence-corrected chi connectivity index (χ0v) is 5.45. The summed E-state index contributed by atoms with van der Waals surface area (Å²) in [5, 5.41) is -1.65. The van der Waals surface area contributed by atoms with Crippen molar-refractivity contribution in [1.82, 2.24) is 0 Å². The number of hydrogen-bond acceptors (Lipinski definition) is 1. The molecule has 0 rings (SSSR count). The Hall–Kier alpha value is -0.440. The number of alkyl halides is 2. The maximum atomic E-state index is 12.0. The van der Waals surface area contributed by atoms with Crippen molar-refractivity contribution in [1.29, 1.82) is 0 Å². The smallest absolute Gasteiger partial charge is 0.274 e. The van der Waals surface area contributed by atoms with Gasteiger partial charge in [0.2, 0.25) is 0 Å². The molecular formula is C5H5ClF2O. The van der Waals surface area contributed by atoms with Crippen molar-refractivity contribution in [2.24, 2.45) is 0 Å². The van der Waals surface area contributed by atoms with Crippen molar-refractivity contribution in [3.05, 3.63) is 12.2 Å². The van der Waals surface area contributed by atoms with Gasteiger partial charge in [-0.25, -0.2) is 0 Å². The van der Waals surface area contributed by atoms with Crippen LogP contribution in [0.4, 0.5) is 8.78 Å². The van der Waals surface area contributed by atoms with Crippen LogP contribution in [0.15, 0.2) is 12.2 Å². The molecule has 0 amide bonds. The standard InChI is InChI=1S/C5H5ClF2O/c1-2-3-5(7,8)4(6)9/h2-3H,1H3. The average molecular weight is 155 g/mol. The SMILES string of the molecule is CC=CC(F)(F)C(=O)Cl. The van der Waals surface area contributed by atoms with E-state index < -0.39 is 11.2 Å². The molecular weight excluding hydrogens is 150 g/mol. The lowest BCUT2D eigenvalue weighted by Crippen LogP contribution is -2.20. The molecule has 0 aliphatic heterocycles. The normalized spacial score (nSPS) is 12.4. The second-order valence-electron chi connectivity index (χ2n) is 1.40. The summed E-state index contributed by atoms with van der Waals surface area (Å²) in [5.74, 6) is -3.50. The van der Waals surface area contributed by atoms with Crippen molar-refractivity contribution >= 4 is 16.8 Å². The predicted octanol–water partition coefficient (Wildman–Crippen LogP) is 1.96. The number of carbonyl (C=O) groups is 1. The van der Waals surface area contributed by atoms with E-state index in [9.17, 15) is 13.6 Å². The summed E-state index contributed by atoms with van der Waals surface area (Å²) >= 11 is 4.51. The number of halogens is 3. The van der Waals surface area contributed by atoms with E-state index in [4.69, 9.17) is 0 Å². The first-order valence-corrected chi connectivity index (χ1v) is 2.60. The maximum Gasteiger partial charge on any atom is 0.338 e. The first kappa shape index (κ1) is 8.56. The molecule has 0 unspecified atom stereocenters. The minimum Gasteiger partial charge on any atom is -0.274 e. The van der Waals surface area contributed by atoms with E-state index in [1.54, 1.807) is 0 Å². The molecule has 52 valence electrons. The summed E-state index contributed by atoms with van der Waals surface area (Å²) in [5.41, 5.74) is 0. The van der Waals surface area contributed by atoms with E-state index in [0.717, 1.165) is 6.08 Å². The monoisotopic (exact) mass is 154 g/mol. The highest BCUT2D eigenvalue weighted by atomic mass is 35.5. The third-order valence-corrected chi connectivity index (χ3v) is 0.890. The molecule has 0 N–H and O–H groups in total. The van der Waals surface area contributed by atoms with Crippen molar-refractivity contribution in [2.75, 3.05) is 0 Å². The molecule has 4 heteroatoms. The van der Waals surface area contributed by atoms with E-state index in [2.05, 4.69) is 11.6 Å². The lowest BCUT2D eigenvalue weighted by molar-refractivity contribution is -0.128. The molecule has 0 saturated heterocycles. The Morgan fingerprint density at radius 3 is 2.22 bits per heavy atom. The lowest BCUT2D eigenvalue weighted by atomic mass is 10.3. The summed E-state index contributed by atoms with van der Waals surface area (Å²) in [4.78, 5) is 9.82. The molecule has 0 aromatic heterocycles. The van der Waals surface area contributed by atoms with Gasteiger partial charge < -0.3 is 0 Å². The molecule has 0 bridgehead atoms. The third kappa shape index (κ3) is 2.56. The van der Waals surface area contributed by atoms with Gasteiger partial charge in [-0.3, -0.25) is 4.79 Å². The highest BCUT2D eigenvalue weighted by Crippen LogP contribution is 2.18. The fourth-order valence-corrected chi connectivity index (χ4v) is 0.338. The summed E-state index contributed by atoms with van der Waals surface area (Å²) < 4.78 is 24.0. The molecule has 0 aromatic rings. The van der Waals surface area contributed by atoms with Gasteiger partial charge in [0.1, 0.15) is 0 Å². The minimum absolute atomic E-state index is 0.447. The Morgan fingerprint density at radius 1 is 1.67 bits per heavy atom. The topological polar surface area (TPSA) is 17.1 Å². The molecule has 0 heterocycles. The van der Waals surface area contributed by atoms with Crippen molar-refractivity contribution in [3.63, 3.8) is 0 Å². The van der Waals surface area contributed by atoms with E-state index in [0.29, 0.717) is 6.08 Å². The fourth-order valence-electron chi connectivity index (χ4n) is 0.275. The predicted molar refractivity (Wildman–Crippen MR) is 30.6 cm³/mol. The van der Waals surface area contributed by atoms with Crippen LogP contribution in [-0.2, 0) is 4.79 Å². The summed E-state index contributed by atoms with van der Waals surface area (Å²) in [7, 11) is 0. The van der Waals surface area contributed by atoms with Crippen LogP contribution in [-0.4, -0.2) is 11.2 Å². The van der Waals surface area contributed by atoms with Crippen LogP contribution in [0.3, 0.4) is 0 Å². The van der Waals surface area contributed by atoms with Crippen molar-refractivity contribution < 1.29 is 13.6 Å². The average Bonchev–Trinajstić information content (AvgIpc) is 1.65. The van der Waals surface area contributed by atoms with E-state index >= 15 is 0 Å². The lowest BCUT2D eigenvalue weighted by Gasteiger charge is -2.02. The van der Waals surface area contributed by atoms with Crippen LogP contribution in [0.2, 0.25) is 0 Å². The first-order chi connectivity index (χ1) is 4.00. The minimum atomic E-state index is -3.50. The molecule has 0 aliphatic carbocycles. The number of hydrogen-bond donors (Lipinski definition) is 0. The van der Waals surface area contributed by atoms with Gasteiger partial charge in [-0.2, -0.15) is 8.78 Å². The van der Waals surface area contributed by atoms with Gasteiger partial charge in [0.15, 0.2) is 0 Å². The second kappa shape index (κ2) is 2.92. The van der Waals surface area contributed by atoms with Gasteiger partial charge in [0.05, 0.1) is 0 Å². The van der Waals surface area contributed by atoms with E-state index in [1.807, 2.05) is 0 Å². The molecule has 0 aromatic carbocycles. The Morgan fingerprint density at radius 2 is 2.11 bits per heavy atom. The fraction of sp³-hybridized carbons (Fsp3) is 0.400. The number of rotatable bonds is 2. The quantitative estimate of drug-likeness (QED) is 0.439. The summed E-state index contributed by atoms with van der Waals surface area (Å²) in [6.45, 7) is 1.38. The van der Waals surface area contributed by atoms with Gasteiger partial charge in [-0.05, 0) is 24.6 Å². The number of allylic oxidation sites excluding steroid dienone is 2. The Balaban J connectivity index is 4.19. The second-order valence-corrected chi connectivity index (χ2v) is 1.74. The molecule has 0 aliphatic rings. The molecule has 0 spiro atoms. The van der Waals surface area contributed by atoms with E-state index in [1.165, 1.54) is 6.92 Å². The molecule has 9 heavy (non-hydrogen) atoms. The Labute approximate surface area is 56.3 Å². The Bertz CT molecular complexity index is 142. The van der Waals surface area contributed by atoms with Gasteiger partial charge in [-0.15, -0.1) is 0 Å². The zero-order valence-electron chi connectivity index (χ0n) is 4.70. The zero-order chi connectivity index (χ0) is 7.49. The number of carbonyl (C=O) groups excluding carboxylic acids is 1. The largest absolute Gasteiger partial charge is 0.338 e. The van der Waals surface area contributed by atoms with Crippen molar-refractivity contribution in [3.8, 4) is 0 Å². The maximum absolute atomic E-state index is 12.0. The summed E-state index contributed by atoms with van der Waals surface area (Å²) in [6.07, 6.45) is 1.52. The highest BCUT2D eigenvalue weighted by molar-refractivity contribution is 6.65. The van der Waals surface area contributed by atoms with Gasteiger partial charge >= 0.3 is 5.92 Å². The van der Waals surface area contributed by atoms with Crippen LogP contribution in [0.1, 0.15) is 6.92 Å². The van der Waals surface area contributed by atoms with E-state index in [-0.39, 0.29) is 0 Å². The van der Waals surface area contributed by atoms with Crippen LogP contribution in [0.25, 0.3) is 0 Å². The third-order valence-electron chi connectivity index (χ3n) is 0.638. The summed E-state index contributed by atoms with van der Waals surface area (Å²) in [6, 6.07) is 0. The Kier molecular flexibility index (Phi) is 2.77. The van der Waals surface area contributed by atoms with Gasteiger partial charge in [0, 0.05) is 0 Å². The van der Waals surface area contributed by atoms with Gasteiger partial charge in [0.25, 0.3) is 5.24 Å². The highest BCUT2D eigenvalue weighted by Gasteiger charge is 2.33. The molecule has 0 radical (unpaired) electrons. The van der Waals surface area contributed by atoms with Crippen molar-refractivity contribution in [2.45, 2.75) is 12.8 Å². The molecule has 0 atom stereocenters. The van der Waals surface area contributed by atoms with Crippen LogP contribution in [0, 0.1) is 0 Å². The molecule has 0 fully saturated rings. The van der Waals surface area contributed by atoms with Crippen LogP contribution < -0.4 is 0 Å².